The average Bonchev–Trinajstić information content (AvgIpc) is 3.37. The summed E-state index contributed by atoms with van der Waals surface area (Å²) in [5.74, 6) is -0.392. The van der Waals surface area contributed by atoms with E-state index in [1.165, 1.54) is 12.3 Å². The highest BCUT2D eigenvalue weighted by molar-refractivity contribution is 6.31. The van der Waals surface area contributed by atoms with E-state index in [-0.39, 0.29) is 29.6 Å². The van der Waals surface area contributed by atoms with E-state index < -0.39 is 23.2 Å². The maximum Gasteiger partial charge on any atom is 0.239 e. The van der Waals surface area contributed by atoms with Crippen LogP contribution < -0.4 is 19.7 Å². The van der Waals surface area contributed by atoms with Gasteiger partial charge in [0, 0.05) is 24.7 Å². The van der Waals surface area contributed by atoms with Crippen LogP contribution in [-0.2, 0) is 10.2 Å². The van der Waals surface area contributed by atoms with Crippen molar-refractivity contribution in [2.75, 3.05) is 37.1 Å². The minimum atomic E-state index is -1.25. The molecule has 2 aromatic carbocycles. The molecule has 40 heavy (non-hydrogen) atoms. The molecule has 3 heterocycles. The van der Waals surface area contributed by atoms with Crippen molar-refractivity contribution in [3.8, 4) is 11.5 Å². The molecule has 0 bridgehead atoms. The summed E-state index contributed by atoms with van der Waals surface area (Å²) in [4.78, 5) is 21.1. The largest absolute Gasteiger partial charge is 0.494 e. The summed E-state index contributed by atoms with van der Waals surface area (Å²) in [7, 11) is 1.56. The van der Waals surface area contributed by atoms with Gasteiger partial charge < -0.3 is 24.8 Å². The van der Waals surface area contributed by atoms with Crippen molar-refractivity contribution in [1.82, 2.24) is 4.98 Å². The van der Waals surface area contributed by atoms with Gasteiger partial charge in [0.15, 0.2) is 0 Å². The second-order valence-corrected chi connectivity index (χ2v) is 12.3. The van der Waals surface area contributed by atoms with Crippen molar-refractivity contribution < 1.29 is 23.8 Å². The van der Waals surface area contributed by atoms with Gasteiger partial charge in [0.05, 0.1) is 46.9 Å². The zero-order valence-electron chi connectivity index (χ0n) is 22.8. The van der Waals surface area contributed by atoms with Gasteiger partial charge in [-0.3, -0.25) is 9.78 Å². The molecule has 2 aliphatic rings. The zero-order valence-corrected chi connectivity index (χ0v) is 24.3. The Bertz CT molecular complexity index is 1450. The van der Waals surface area contributed by atoms with Crippen LogP contribution in [0.4, 0.5) is 15.8 Å². The lowest BCUT2D eigenvalue weighted by molar-refractivity contribution is -0.121. The number of benzene rings is 2. The third kappa shape index (κ3) is 4.76. The van der Waals surface area contributed by atoms with Gasteiger partial charge in [0.2, 0.25) is 5.91 Å². The number of aliphatic hydroxyl groups excluding tert-OH is 1. The number of ether oxygens (including phenoxy) is 2. The van der Waals surface area contributed by atoms with Crippen LogP contribution in [-0.4, -0.2) is 48.9 Å². The normalized spacial score (nSPS) is 22.0. The Morgan fingerprint density at radius 1 is 1.23 bits per heavy atom. The number of aromatic nitrogens is 1. The van der Waals surface area contributed by atoms with Crippen LogP contribution >= 0.6 is 23.2 Å². The van der Waals surface area contributed by atoms with Gasteiger partial charge in [-0.05, 0) is 41.7 Å². The Labute approximate surface area is 243 Å². The van der Waals surface area contributed by atoms with Crippen molar-refractivity contribution in [1.29, 1.82) is 0 Å². The van der Waals surface area contributed by atoms with E-state index in [9.17, 15) is 9.90 Å². The molecule has 0 unspecified atom stereocenters. The SMILES string of the molecule is COc1cc(OCCO)ccc1N1C[C@H](c2cccc(Cl)c2F)[C@]2(C(=O)Nc3cc(Cl)cnc32)[C@@H]1CC(C)(C)C. The van der Waals surface area contributed by atoms with Gasteiger partial charge >= 0.3 is 0 Å². The first kappa shape index (κ1) is 28.5. The molecule has 0 radical (unpaired) electrons. The zero-order chi connectivity index (χ0) is 28.8. The predicted molar refractivity (Wildman–Crippen MR) is 154 cm³/mol. The van der Waals surface area contributed by atoms with Crippen LogP contribution in [0.15, 0.2) is 48.7 Å². The maximum absolute atomic E-state index is 15.8. The number of halogens is 3. The molecular weight excluding hydrogens is 556 g/mol. The first-order valence-corrected chi connectivity index (χ1v) is 13.9. The minimum Gasteiger partial charge on any atom is -0.494 e. The molecule has 1 saturated heterocycles. The number of hydrogen-bond donors (Lipinski definition) is 2. The molecule has 1 spiro atoms. The lowest BCUT2D eigenvalue weighted by Crippen LogP contribution is -2.51. The third-order valence-electron chi connectivity index (χ3n) is 7.68. The lowest BCUT2D eigenvalue weighted by Gasteiger charge is -2.40. The Hall–Kier alpha value is -3.07. The monoisotopic (exact) mass is 587 g/mol. The quantitative estimate of drug-likeness (QED) is 0.342. The van der Waals surface area contributed by atoms with Crippen LogP contribution in [0.25, 0.3) is 0 Å². The Morgan fingerprint density at radius 2 is 2.00 bits per heavy atom. The molecule has 10 heteroatoms. The van der Waals surface area contributed by atoms with Crippen molar-refractivity contribution in [2.24, 2.45) is 5.41 Å². The topological polar surface area (TPSA) is 83.9 Å². The van der Waals surface area contributed by atoms with Crippen LogP contribution in [0.3, 0.4) is 0 Å². The fourth-order valence-corrected chi connectivity index (χ4v) is 6.51. The number of carbonyl (C=O) groups is 1. The number of carbonyl (C=O) groups excluding carboxylic acids is 1. The molecule has 2 N–H and O–H groups in total. The van der Waals surface area contributed by atoms with E-state index in [0.717, 1.165) is 5.69 Å². The molecule has 5 rings (SSSR count). The second kappa shape index (κ2) is 10.7. The van der Waals surface area contributed by atoms with Crippen molar-refractivity contribution >= 4 is 40.5 Å². The molecule has 1 aromatic heterocycles. The number of anilines is 2. The molecule has 2 aliphatic heterocycles. The molecule has 3 atom stereocenters. The number of nitrogens with zero attached hydrogens (tertiary/aromatic N) is 2. The highest BCUT2D eigenvalue weighted by Crippen LogP contribution is 2.58. The Balaban J connectivity index is 1.77. The molecule has 0 aliphatic carbocycles. The Morgan fingerprint density at radius 3 is 2.70 bits per heavy atom. The molecule has 3 aromatic rings. The van der Waals surface area contributed by atoms with Crippen molar-refractivity contribution in [3.05, 3.63) is 75.8 Å². The van der Waals surface area contributed by atoms with E-state index in [2.05, 4.69) is 31.0 Å². The van der Waals surface area contributed by atoms with Gasteiger partial charge in [-0.15, -0.1) is 0 Å². The fourth-order valence-electron chi connectivity index (χ4n) is 6.18. The molecular formula is C30H32Cl2FN3O4. The van der Waals surface area contributed by atoms with E-state index in [1.807, 2.05) is 6.07 Å². The van der Waals surface area contributed by atoms with Gasteiger partial charge in [-0.1, -0.05) is 56.1 Å². The summed E-state index contributed by atoms with van der Waals surface area (Å²) in [6.45, 7) is 6.64. The van der Waals surface area contributed by atoms with Gasteiger partial charge in [-0.25, -0.2) is 4.39 Å². The van der Waals surface area contributed by atoms with Crippen molar-refractivity contribution in [2.45, 2.75) is 44.6 Å². The summed E-state index contributed by atoms with van der Waals surface area (Å²) in [6.07, 6.45) is 2.10. The molecule has 1 amide bonds. The fraction of sp³-hybridized carbons (Fsp3) is 0.400. The molecule has 212 valence electrons. The lowest BCUT2D eigenvalue weighted by atomic mass is 9.65. The van der Waals surface area contributed by atoms with Crippen molar-refractivity contribution in [3.63, 3.8) is 0 Å². The van der Waals surface area contributed by atoms with E-state index >= 15 is 4.39 Å². The van der Waals surface area contributed by atoms with Crippen LogP contribution in [0.1, 0.15) is 44.4 Å². The molecule has 1 fully saturated rings. The number of aliphatic hydroxyl groups is 1. The number of amides is 1. The standard InChI is InChI=1S/C30H32Cl2FN3O4/c1-29(2,3)14-25-30(27-22(35-28(30)38)12-17(31)15-34-27)20(19-6-5-7-21(32)26(19)33)16-36(25)23-9-8-18(40-11-10-37)13-24(23)39-4/h5-9,12-13,15,20,25,37H,10-11,14,16H2,1-4H3,(H,35,38)/t20-,25+,30+/m1/s1. The molecule has 0 saturated carbocycles. The van der Waals surface area contributed by atoms with E-state index in [4.69, 9.17) is 37.7 Å². The van der Waals surface area contributed by atoms with Gasteiger partial charge in [0.1, 0.15) is 29.3 Å². The number of methoxy groups -OCH3 is 1. The highest BCUT2D eigenvalue weighted by Gasteiger charge is 2.65. The number of hydrogen-bond acceptors (Lipinski definition) is 6. The first-order valence-electron chi connectivity index (χ1n) is 13.1. The average molecular weight is 589 g/mol. The van der Waals surface area contributed by atoms with E-state index in [0.29, 0.717) is 46.4 Å². The summed E-state index contributed by atoms with van der Waals surface area (Å²) < 4.78 is 27.2. The van der Waals surface area contributed by atoms with Crippen LogP contribution in [0.2, 0.25) is 10.0 Å². The summed E-state index contributed by atoms with van der Waals surface area (Å²) in [6, 6.07) is 11.6. The highest BCUT2D eigenvalue weighted by atomic mass is 35.5. The summed E-state index contributed by atoms with van der Waals surface area (Å²) >= 11 is 12.6. The van der Waals surface area contributed by atoms with Gasteiger partial charge in [0.25, 0.3) is 0 Å². The first-order chi connectivity index (χ1) is 19.0. The number of pyridine rings is 1. The smallest absolute Gasteiger partial charge is 0.239 e. The minimum absolute atomic E-state index is 0.0101. The molecule has 7 nitrogen and oxygen atoms in total. The third-order valence-corrected chi connectivity index (χ3v) is 8.18. The number of nitrogens with one attached hydrogen (secondary N) is 1. The summed E-state index contributed by atoms with van der Waals surface area (Å²) in [5.41, 5.74) is 0.652. The number of fused-ring (bicyclic) bond motifs is 2. The Kier molecular flexibility index (Phi) is 7.63. The second-order valence-electron chi connectivity index (χ2n) is 11.4. The number of rotatable bonds is 7. The van der Waals surface area contributed by atoms with Crippen LogP contribution in [0, 0.1) is 11.2 Å². The van der Waals surface area contributed by atoms with Gasteiger partial charge in [-0.2, -0.15) is 0 Å². The summed E-state index contributed by atoms with van der Waals surface area (Å²) in [5, 5.41) is 12.6. The maximum atomic E-state index is 15.8. The predicted octanol–water partition coefficient (Wildman–Crippen LogP) is 6.21. The van der Waals surface area contributed by atoms with E-state index in [1.54, 1.807) is 37.4 Å². The van der Waals surface area contributed by atoms with Crippen LogP contribution in [0.5, 0.6) is 11.5 Å².